The molecule has 0 bridgehead atoms. The fourth-order valence-electron chi connectivity index (χ4n) is 2.20. The highest BCUT2D eigenvalue weighted by Gasteiger charge is 2.23. The van der Waals surface area contributed by atoms with E-state index in [1.165, 1.54) is 0 Å². The minimum absolute atomic E-state index is 0.0297. The number of aromatic nitrogens is 1. The van der Waals surface area contributed by atoms with Gasteiger partial charge in [-0.1, -0.05) is 0 Å². The number of nitrogens with zero attached hydrogens (tertiary/aromatic N) is 2. The number of anilines is 1. The van der Waals surface area contributed by atoms with Crippen LogP contribution in [0.3, 0.4) is 0 Å². The minimum atomic E-state index is -0.179. The second kappa shape index (κ2) is 5.14. The zero-order valence-electron chi connectivity index (χ0n) is 9.80. The summed E-state index contributed by atoms with van der Waals surface area (Å²) in [6.07, 6.45) is 3.43. The number of carbonyl (C=O) groups is 1. The van der Waals surface area contributed by atoms with Crippen LogP contribution < -0.4 is 16.4 Å². The van der Waals surface area contributed by atoms with Crippen molar-refractivity contribution in [3.63, 3.8) is 0 Å². The molecule has 0 radical (unpaired) electrons. The van der Waals surface area contributed by atoms with E-state index in [0.717, 1.165) is 37.3 Å². The maximum absolute atomic E-state index is 11.1. The highest BCUT2D eigenvalue weighted by atomic mass is 16.1. The lowest BCUT2D eigenvalue weighted by Gasteiger charge is -2.32. The van der Waals surface area contributed by atoms with E-state index in [1.54, 1.807) is 6.20 Å². The first-order chi connectivity index (χ1) is 8.20. The first-order valence-corrected chi connectivity index (χ1v) is 5.90. The largest absolute Gasteiger partial charge is 0.371 e. The van der Waals surface area contributed by atoms with E-state index in [4.69, 9.17) is 11.5 Å². The highest BCUT2D eigenvalue weighted by Crippen LogP contribution is 2.23. The molecule has 0 aromatic carbocycles. The fourth-order valence-corrected chi connectivity index (χ4v) is 2.20. The molecule has 4 N–H and O–H groups in total. The van der Waals surface area contributed by atoms with E-state index in [9.17, 15) is 4.79 Å². The van der Waals surface area contributed by atoms with Crippen LogP contribution in [0.4, 0.5) is 5.69 Å². The van der Waals surface area contributed by atoms with E-state index in [2.05, 4.69) is 9.88 Å². The topological polar surface area (TPSA) is 85.2 Å². The molecular formula is C12H18N4O. The van der Waals surface area contributed by atoms with Crippen LogP contribution in [0, 0.1) is 5.92 Å². The predicted octanol–water partition coefficient (Wildman–Crippen LogP) is 0.242. The number of hydrogen-bond acceptors (Lipinski definition) is 4. The Kier molecular flexibility index (Phi) is 3.58. The number of pyridine rings is 1. The molecule has 1 aromatic rings. The summed E-state index contributed by atoms with van der Waals surface area (Å²) >= 11 is 0. The number of hydrogen-bond donors (Lipinski definition) is 2. The summed E-state index contributed by atoms with van der Waals surface area (Å²) < 4.78 is 0. The first-order valence-electron chi connectivity index (χ1n) is 5.90. The molecule has 1 aromatic heterocycles. The van der Waals surface area contributed by atoms with Gasteiger partial charge in [0.1, 0.15) is 0 Å². The Labute approximate surface area is 101 Å². The van der Waals surface area contributed by atoms with Gasteiger partial charge < -0.3 is 16.4 Å². The molecule has 1 saturated heterocycles. The van der Waals surface area contributed by atoms with Crippen LogP contribution in [0.2, 0.25) is 0 Å². The Bertz CT molecular complexity index is 399. The van der Waals surface area contributed by atoms with Crippen molar-refractivity contribution in [2.75, 3.05) is 18.0 Å². The number of rotatable bonds is 3. The zero-order valence-corrected chi connectivity index (χ0v) is 9.80. The molecule has 1 aliphatic rings. The number of piperidine rings is 1. The Hall–Kier alpha value is -1.62. The minimum Gasteiger partial charge on any atom is -0.371 e. The Morgan fingerprint density at radius 3 is 2.76 bits per heavy atom. The number of nitrogens with two attached hydrogens (primary N) is 2. The molecule has 5 heteroatoms. The van der Waals surface area contributed by atoms with Gasteiger partial charge in [-0.05, 0) is 25.0 Å². The Morgan fingerprint density at radius 1 is 1.47 bits per heavy atom. The fraction of sp³-hybridized carbons (Fsp3) is 0.500. The van der Waals surface area contributed by atoms with Gasteiger partial charge in [-0.15, -0.1) is 0 Å². The van der Waals surface area contributed by atoms with Gasteiger partial charge in [0.15, 0.2) is 0 Å². The molecule has 0 aliphatic carbocycles. The molecule has 1 fully saturated rings. The third-order valence-corrected chi connectivity index (χ3v) is 3.27. The van der Waals surface area contributed by atoms with Crippen molar-refractivity contribution in [1.29, 1.82) is 0 Å². The van der Waals surface area contributed by atoms with Crippen molar-refractivity contribution in [3.05, 3.63) is 24.0 Å². The standard InChI is InChI=1S/C12H18N4O/c13-8-10-7-11(1-4-15-10)16-5-2-9(3-6-16)12(14)17/h1,4,7,9H,2-3,5-6,8,13H2,(H2,14,17). The van der Waals surface area contributed by atoms with Crippen molar-refractivity contribution in [2.24, 2.45) is 17.4 Å². The molecule has 2 rings (SSSR count). The lowest BCUT2D eigenvalue weighted by molar-refractivity contribution is -0.122. The molecule has 0 spiro atoms. The van der Waals surface area contributed by atoms with Crippen molar-refractivity contribution >= 4 is 11.6 Å². The summed E-state index contributed by atoms with van der Waals surface area (Å²) in [5.41, 5.74) is 12.9. The van der Waals surface area contributed by atoms with Gasteiger partial charge in [-0.2, -0.15) is 0 Å². The molecule has 1 aliphatic heterocycles. The molecular weight excluding hydrogens is 216 g/mol. The summed E-state index contributed by atoms with van der Waals surface area (Å²) in [5, 5.41) is 0. The maximum atomic E-state index is 11.1. The third-order valence-electron chi connectivity index (χ3n) is 3.27. The van der Waals surface area contributed by atoms with Gasteiger partial charge in [0, 0.05) is 37.4 Å². The lowest BCUT2D eigenvalue weighted by Crippen LogP contribution is -2.38. The Morgan fingerprint density at radius 2 is 2.18 bits per heavy atom. The summed E-state index contributed by atoms with van der Waals surface area (Å²) in [6.45, 7) is 2.18. The molecule has 0 atom stereocenters. The quantitative estimate of drug-likeness (QED) is 0.784. The average molecular weight is 234 g/mol. The molecule has 1 amide bonds. The molecule has 5 nitrogen and oxygen atoms in total. The van der Waals surface area contributed by atoms with Crippen molar-refractivity contribution in [3.8, 4) is 0 Å². The molecule has 0 saturated carbocycles. The van der Waals surface area contributed by atoms with Gasteiger partial charge in [0.25, 0.3) is 0 Å². The second-order valence-corrected chi connectivity index (χ2v) is 4.37. The van der Waals surface area contributed by atoms with E-state index in [1.807, 2.05) is 12.1 Å². The van der Waals surface area contributed by atoms with E-state index in [0.29, 0.717) is 6.54 Å². The van der Waals surface area contributed by atoms with Crippen LogP contribution in [0.1, 0.15) is 18.5 Å². The molecule has 2 heterocycles. The normalized spacial score (nSPS) is 17.1. The third kappa shape index (κ3) is 2.74. The molecule has 0 unspecified atom stereocenters. The van der Waals surface area contributed by atoms with Crippen molar-refractivity contribution in [2.45, 2.75) is 19.4 Å². The highest BCUT2D eigenvalue weighted by molar-refractivity contribution is 5.77. The van der Waals surface area contributed by atoms with Crippen LogP contribution >= 0.6 is 0 Å². The van der Waals surface area contributed by atoms with Crippen LogP contribution in [-0.2, 0) is 11.3 Å². The predicted molar refractivity (Wildman–Crippen MR) is 66.3 cm³/mol. The van der Waals surface area contributed by atoms with E-state index >= 15 is 0 Å². The number of amides is 1. The van der Waals surface area contributed by atoms with Gasteiger partial charge in [0.2, 0.25) is 5.91 Å². The van der Waals surface area contributed by atoms with Gasteiger partial charge >= 0.3 is 0 Å². The smallest absolute Gasteiger partial charge is 0.220 e. The summed E-state index contributed by atoms with van der Waals surface area (Å²) in [7, 11) is 0. The second-order valence-electron chi connectivity index (χ2n) is 4.37. The summed E-state index contributed by atoms with van der Waals surface area (Å²) in [5.74, 6) is -0.149. The van der Waals surface area contributed by atoms with Crippen LogP contribution in [-0.4, -0.2) is 24.0 Å². The van der Waals surface area contributed by atoms with Gasteiger partial charge in [0.05, 0.1) is 5.69 Å². The lowest BCUT2D eigenvalue weighted by atomic mass is 9.96. The monoisotopic (exact) mass is 234 g/mol. The van der Waals surface area contributed by atoms with Gasteiger partial charge in [-0.3, -0.25) is 9.78 Å². The molecule has 92 valence electrons. The first kappa shape index (κ1) is 11.9. The van der Waals surface area contributed by atoms with Crippen LogP contribution in [0.5, 0.6) is 0 Å². The number of carbonyl (C=O) groups excluding carboxylic acids is 1. The average Bonchev–Trinajstić information content (AvgIpc) is 2.39. The Balaban J connectivity index is 2.02. The van der Waals surface area contributed by atoms with Crippen molar-refractivity contribution in [1.82, 2.24) is 4.98 Å². The molecule has 17 heavy (non-hydrogen) atoms. The van der Waals surface area contributed by atoms with Crippen LogP contribution in [0.15, 0.2) is 18.3 Å². The maximum Gasteiger partial charge on any atom is 0.220 e. The summed E-state index contributed by atoms with van der Waals surface area (Å²) in [6, 6.07) is 3.98. The zero-order chi connectivity index (χ0) is 12.3. The van der Waals surface area contributed by atoms with E-state index in [-0.39, 0.29) is 11.8 Å². The van der Waals surface area contributed by atoms with E-state index < -0.39 is 0 Å². The summed E-state index contributed by atoms with van der Waals surface area (Å²) in [4.78, 5) is 17.5. The SMILES string of the molecule is NCc1cc(N2CCC(C(N)=O)CC2)ccn1. The van der Waals surface area contributed by atoms with Gasteiger partial charge in [-0.25, -0.2) is 0 Å². The van der Waals surface area contributed by atoms with Crippen LogP contribution in [0.25, 0.3) is 0 Å². The van der Waals surface area contributed by atoms with Crippen molar-refractivity contribution < 1.29 is 4.79 Å². The number of primary amides is 1.